The summed E-state index contributed by atoms with van der Waals surface area (Å²) < 4.78 is 27.3. The van der Waals surface area contributed by atoms with Crippen molar-refractivity contribution in [3.63, 3.8) is 0 Å². The van der Waals surface area contributed by atoms with E-state index in [9.17, 15) is 9.13 Å². The number of phosphoric acid groups is 2. The first kappa shape index (κ1) is 31.9. The van der Waals surface area contributed by atoms with E-state index >= 15 is 0 Å². The average Bonchev–Trinajstić information content (AvgIpc) is 1.78. The van der Waals surface area contributed by atoms with Gasteiger partial charge in [-0.25, -0.2) is 9.13 Å². The third-order valence-corrected chi connectivity index (χ3v) is 2.37. The van der Waals surface area contributed by atoms with Crippen LogP contribution in [0.1, 0.15) is 0 Å². The zero-order chi connectivity index (χ0) is 9.83. The molecule has 0 fully saturated rings. The molecule has 0 aromatic heterocycles. The van der Waals surface area contributed by atoms with Crippen molar-refractivity contribution in [1.82, 2.24) is 0 Å². The topological polar surface area (TPSA) is 123 Å². The molecule has 0 rings (SSSR count). The molecule has 14 heteroatoms. The van der Waals surface area contributed by atoms with Gasteiger partial charge in [-0.1, -0.05) is 11.3 Å². The van der Waals surface area contributed by atoms with Gasteiger partial charge >= 0.3 is 134 Å². The Balaban J connectivity index is -0.000000101. The molecule has 0 spiro atoms. The van der Waals surface area contributed by atoms with E-state index in [0.717, 1.165) is 0 Å². The van der Waals surface area contributed by atoms with Gasteiger partial charge in [0.15, 0.2) is 0 Å². The summed E-state index contributed by atoms with van der Waals surface area (Å²) in [7, 11) is -9.97. The van der Waals surface area contributed by atoms with Gasteiger partial charge in [-0.3, -0.25) is 0 Å². The van der Waals surface area contributed by atoms with Gasteiger partial charge in [0.2, 0.25) is 0 Å². The molecular weight excluding hydrogens is 306 g/mol. The van der Waals surface area contributed by atoms with Gasteiger partial charge in [-0.2, -0.15) is 4.31 Å². The van der Waals surface area contributed by atoms with Crippen molar-refractivity contribution in [3.8, 4) is 0 Å². The molecule has 80 valence electrons. The molecule has 1 atom stereocenters. The number of hydrogen-bond acceptors (Lipinski definition) is 5. The molecular formula is C2H10Na4O8P2. The number of rotatable bonds is 5. The van der Waals surface area contributed by atoms with E-state index in [4.69, 9.17) is 14.7 Å². The summed E-state index contributed by atoms with van der Waals surface area (Å²) in [4.78, 5) is 28.2. The summed E-state index contributed by atoms with van der Waals surface area (Å²) in [6, 6.07) is 0. The zero-order valence-corrected chi connectivity index (χ0v) is 7.35. The molecule has 0 heterocycles. The van der Waals surface area contributed by atoms with Gasteiger partial charge in [0.05, 0.1) is 0 Å². The van der Waals surface area contributed by atoms with Crippen molar-refractivity contribution >= 4 is 134 Å². The average molecular weight is 316 g/mol. The molecule has 0 aromatic rings. The SMILES string of the molecule is C=COOP(=O)(O)OP(=O)(O)O.[NaH].[NaH].[NaH].[NaH]. The summed E-state index contributed by atoms with van der Waals surface area (Å²) in [5, 5.41) is 0. The van der Waals surface area contributed by atoms with Crippen LogP contribution in [0.4, 0.5) is 0 Å². The normalized spacial score (nSPS) is 12.4. The Kier molecular flexibility index (Phi) is 30.3. The standard InChI is InChI=1S/C2H6O8P2.4Na.4H/c1-2-8-9-12(6,7)10-11(3,4)5;;;;;;;;/h2H,1H2,(H,6,7)(H2,3,4,5);;;;;;;;. The maximum atomic E-state index is 10.4. The first-order valence-electron chi connectivity index (χ1n) is 2.32. The Morgan fingerprint density at radius 3 is 1.62 bits per heavy atom. The van der Waals surface area contributed by atoms with Crippen LogP contribution in [0, 0.1) is 0 Å². The van der Waals surface area contributed by atoms with Gasteiger partial charge in [0.1, 0.15) is 6.26 Å². The predicted octanol–water partition coefficient (Wildman–Crippen LogP) is -2.31. The molecule has 3 N–H and O–H groups in total. The molecule has 0 saturated carbocycles. The summed E-state index contributed by atoms with van der Waals surface area (Å²) in [6.45, 7) is 2.93. The van der Waals surface area contributed by atoms with E-state index in [0.29, 0.717) is 6.26 Å². The van der Waals surface area contributed by atoms with Crippen LogP contribution in [0.3, 0.4) is 0 Å². The van der Waals surface area contributed by atoms with Crippen molar-refractivity contribution in [2.24, 2.45) is 0 Å². The van der Waals surface area contributed by atoms with E-state index in [2.05, 4.69) is 20.5 Å². The summed E-state index contributed by atoms with van der Waals surface area (Å²) >= 11 is 0. The van der Waals surface area contributed by atoms with Crippen LogP contribution in [0.15, 0.2) is 12.8 Å². The second-order valence-corrected chi connectivity index (χ2v) is 4.10. The fourth-order valence-electron chi connectivity index (χ4n) is 0.233. The van der Waals surface area contributed by atoms with E-state index in [-0.39, 0.29) is 118 Å². The third-order valence-electron chi connectivity index (χ3n) is 0.415. The van der Waals surface area contributed by atoms with Gasteiger partial charge < -0.3 is 19.6 Å². The van der Waals surface area contributed by atoms with Gasteiger partial charge in [-0.05, 0) is 0 Å². The molecule has 0 aromatic carbocycles. The fraction of sp³-hybridized carbons (Fsp3) is 0. The van der Waals surface area contributed by atoms with Gasteiger partial charge in [-0.15, -0.1) is 0 Å². The summed E-state index contributed by atoms with van der Waals surface area (Å²) in [5.74, 6) is 0. The monoisotopic (exact) mass is 316 g/mol. The molecule has 0 aliphatic rings. The molecule has 0 radical (unpaired) electrons. The Morgan fingerprint density at radius 2 is 1.38 bits per heavy atom. The Morgan fingerprint density at radius 1 is 1.00 bits per heavy atom. The molecule has 0 saturated heterocycles. The van der Waals surface area contributed by atoms with Crippen LogP contribution in [-0.2, 0) is 23.0 Å². The quantitative estimate of drug-likeness (QED) is 0.170. The second kappa shape index (κ2) is 15.2. The summed E-state index contributed by atoms with van der Waals surface area (Å²) in [5.41, 5.74) is 0. The van der Waals surface area contributed by atoms with E-state index in [1.807, 2.05) is 0 Å². The molecule has 8 nitrogen and oxygen atoms in total. The minimum absolute atomic E-state index is 0. The maximum absolute atomic E-state index is 10.4. The molecule has 0 bridgehead atoms. The van der Waals surface area contributed by atoms with Crippen molar-refractivity contribution in [1.29, 1.82) is 0 Å². The molecule has 16 heavy (non-hydrogen) atoms. The van der Waals surface area contributed by atoms with Crippen LogP contribution in [0.5, 0.6) is 0 Å². The van der Waals surface area contributed by atoms with Crippen LogP contribution < -0.4 is 0 Å². The Hall–Kier alpha value is 3.80. The number of hydrogen-bond donors (Lipinski definition) is 3. The van der Waals surface area contributed by atoms with Gasteiger partial charge in [0.25, 0.3) is 0 Å². The Labute approximate surface area is 181 Å². The van der Waals surface area contributed by atoms with Gasteiger partial charge in [0, 0.05) is 0 Å². The fourth-order valence-corrected chi connectivity index (χ4v) is 1.59. The van der Waals surface area contributed by atoms with Crippen LogP contribution in [0.25, 0.3) is 0 Å². The van der Waals surface area contributed by atoms with E-state index in [1.165, 1.54) is 0 Å². The molecule has 0 aliphatic carbocycles. The van der Waals surface area contributed by atoms with Crippen molar-refractivity contribution in [3.05, 3.63) is 12.8 Å². The Bertz CT molecular complexity index is 252. The second-order valence-electron chi connectivity index (χ2n) is 1.38. The van der Waals surface area contributed by atoms with Crippen LogP contribution in [0.2, 0.25) is 0 Å². The van der Waals surface area contributed by atoms with Crippen LogP contribution >= 0.6 is 15.6 Å². The predicted molar refractivity (Wildman–Crippen MR) is 63.9 cm³/mol. The van der Waals surface area contributed by atoms with Crippen molar-refractivity contribution in [2.75, 3.05) is 0 Å². The minimum atomic E-state index is -5.08. The third kappa shape index (κ3) is 22.9. The van der Waals surface area contributed by atoms with E-state index in [1.54, 1.807) is 0 Å². The molecule has 0 aliphatic heterocycles. The van der Waals surface area contributed by atoms with E-state index < -0.39 is 15.6 Å². The zero-order valence-electron chi connectivity index (χ0n) is 5.56. The van der Waals surface area contributed by atoms with Crippen molar-refractivity contribution in [2.45, 2.75) is 0 Å². The first-order chi connectivity index (χ1) is 5.27. The van der Waals surface area contributed by atoms with Crippen molar-refractivity contribution < 1.29 is 37.7 Å². The molecule has 1 unspecified atom stereocenters. The van der Waals surface area contributed by atoms with Crippen LogP contribution in [-0.4, -0.2) is 133 Å². The first-order valence-corrected chi connectivity index (χ1v) is 5.35. The summed E-state index contributed by atoms with van der Waals surface area (Å²) in [6.07, 6.45) is 0.631. The molecule has 0 amide bonds.